The molecule has 1 saturated heterocycles. The molecular weight excluding hydrogens is 304 g/mol. The van der Waals surface area contributed by atoms with E-state index in [1.165, 1.54) is 6.26 Å². The second-order valence-corrected chi connectivity index (χ2v) is 7.67. The number of morpholine rings is 1. The highest BCUT2D eigenvalue weighted by Crippen LogP contribution is 2.30. The van der Waals surface area contributed by atoms with Gasteiger partial charge in [-0.25, -0.2) is 8.42 Å². The van der Waals surface area contributed by atoms with Crippen LogP contribution < -0.4 is 5.32 Å². The van der Waals surface area contributed by atoms with Gasteiger partial charge in [-0.1, -0.05) is 0 Å². The number of nitrogens with zero attached hydrogens (tertiary/aromatic N) is 1. The molecule has 0 aromatic heterocycles. The standard InChI is InChI=1S/C12H22N2O4S.ClH/c1-9(8-19(2,16)17)14(10-3-4-10)12(15)11-7-13-5-6-18-11;/h9-11,13H,3-8H2,1-2H3;1H. The molecule has 6 nitrogen and oxygen atoms in total. The molecule has 0 radical (unpaired) electrons. The van der Waals surface area contributed by atoms with Gasteiger partial charge in [0.1, 0.15) is 15.9 Å². The Labute approximate surface area is 126 Å². The molecule has 0 spiro atoms. The Morgan fingerprint density at radius 1 is 1.45 bits per heavy atom. The van der Waals surface area contributed by atoms with Crippen molar-refractivity contribution in [3.8, 4) is 0 Å². The summed E-state index contributed by atoms with van der Waals surface area (Å²) < 4.78 is 28.3. The normalized spacial score (nSPS) is 24.6. The van der Waals surface area contributed by atoms with Crippen LogP contribution in [0.5, 0.6) is 0 Å². The van der Waals surface area contributed by atoms with Crippen LogP contribution in [0.25, 0.3) is 0 Å². The first-order valence-corrected chi connectivity index (χ1v) is 8.77. The molecule has 1 saturated carbocycles. The van der Waals surface area contributed by atoms with Crippen molar-refractivity contribution >= 4 is 28.2 Å². The maximum atomic E-state index is 12.5. The number of hydrogen-bond donors (Lipinski definition) is 1. The molecule has 1 aliphatic carbocycles. The molecule has 2 unspecified atom stereocenters. The average molecular weight is 327 g/mol. The fraction of sp³-hybridized carbons (Fsp3) is 0.917. The van der Waals surface area contributed by atoms with Crippen molar-refractivity contribution < 1.29 is 17.9 Å². The van der Waals surface area contributed by atoms with Crippen LogP contribution >= 0.6 is 12.4 Å². The highest BCUT2D eigenvalue weighted by atomic mass is 35.5. The van der Waals surface area contributed by atoms with Gasteiger partial charge in [0, 0.05) is 31.4 Å². The molecule has 1 heterocycles. The highest BCUT2D eigenvalue weighted by Gasteiger charge is 2.40. The highest BCUT2D eigenvalue weighted by molar-refractivity contribution is 7.90. The van der Waals surface area contributed by atoms with E-state index >= 15 is 0 Å². The minimum absolute atomic E-state index is 0. The van der Waals surface area contributed by atoms with Crippen LogP contribution in [-0.2, 0) is 19.4 Å². The zero-order chi connectivity index (χ0) is 14.0. The van der Waals surface area contributed by atoms with Gasteiger partial charge in [0.15, 0.2) is 0 Å². The number of sulfone groups is 1. The van der Waals surface area contributed by atoms with Crippen molar-refractivity contribution in [3.05, 3.63) is 0 Å². The zero-order valence-corrected chi connectivity index (χ0v) is 13.5. The molecule has 118 valence electrons. The summed E-state index contributed by atoms with van der Waals surface area (Å²) in [5.74, 6) is -0.0686. The van der Waals surface area contributed by atoms with E-state index in [0.717, 1.165) is 19.4 Å². The number of carbonyl (C=O) groups is 1. The predicted molar refractivity (Wildman–Crippen MR) is 78.9 cm³/mol. The maximum Gasteiger partial charge on any atom is 0.253 e. The number of hydrogen-bond acceptors (Lipinski definition) is 5. The van der Waals surface area contributed by atoms with Crippen molar-refractivity contribution in [2.75, 3.05) is 31.7 Å². The van der Waals surface area contributed by atoms with Crippen LogP contribution in [0.4, 0.5) is 0 Å². The lowest BCUT2D eigenvalue weighted by Gasteiger charge is -2.33. The molecule has 2 atom stereocenters. The Morgan fingerprint density at radius 3 is 2.55 bits per heavy atom. The Morgan fingerprint density at radius 2 is 2.10 bits per heavy atom. The van der Waals surface area contributed by atoms with Crippen LogP contribution in [0.15, 0.2) is 0 Å². The van der Waals surface area contributed by atoms with Gasteiger partial charge in [0.2, 0.25) is 0 Å². The second kappa shape index (κ2) is 7.06. The molecule has 0 aromatic rings. The number of carbonyl (C=O) groups excluding carboxylic acids is 1. The lowest BCUT2D eigenvalue weighted by Crippen LogP contribution is -2.53. The van der Waals surface area contributed by atoms with Gasteiger partial charge in [-0.05, 0) is 19.8 Å². The summed E-state index contributed by atoms with van der Waals surface area (Å²) in [7, 11) is -3.09. The number of nitrogens with one attached hydrogen (secondary N) is 1. The van der Waals surface area contributed by atoms with Crippen LogP contribution in [0, 0.1) is 0 Å². The largest absolute Gasteiger partial charge is 0.366 e. The van der Waals surface area contributed by atoms with Crippen LogP contribution in [0.2, 0.25) is 0 Å². The summed E-state index contributed by atoms with van der Waals surface area (Å²) >= 11 is 0. The molecule has 1 amide bonds. The molecule has 20 heavy (non-hydrogen) atoms. The minimum atomic E-state index is -3.09. The van der Waals surface area contributed by atoms with E-state index in [2.05, 4.69) is 5.32 Å². The third kappa shape index (κ3) is 4.87. The van der Waals surface area contributed by atoms with E-state index in [1.54, 1.807) is 11.8 Å². The Bertz CT molecular complexity index is 433. The summed E-state index contributed by atoms with van der Waals surface area (Å²) in [4.78, 5) is 14.2. The Kier molecular flexibility index (Phi) is 6.25. The number of amides is 1. The van der Waals surface area contributed by atoms with E-state index in [4.69, 9.17) is 4.74 Å². The molecule has 8 heteroatoms. The summed E-state index contributed by atoms with van der Waals surface area (Å²) in [5.41, 5.74) is 0. The van der Waals surface area contributed by atoms with Crippen molar-refractivity contribution in [1.29, 1.82) is 0 Å². The monoisotopic (exact) mass is 326 g/mol. The third-order valence-corrected chi connectivity index (χ3v) is 4.50. The minimum Gasteiger partial charge on any atom is -0.366 e. The number of rotatable bonds is 5. The lowest BCUT2D eigenvalue weighted by molar-refractivity contribution is -0.147. The van der Waals surface area contributed by atoms with Crippen molar-refractivity contribution in [3.63, 3.8) is 0 Å². The predicted octanol–water partition coefficient (Wildman–Crippen LogP) is -0.179. The van der Waals surface area contributed by atoms with Crippen LogP contribution in [-0.4, -0.2) is 69.1 Å². The summed E-state index contributed by atoms with van der Waals surface area (Å²) in [6.07, 6.45) is 2.65. The molecule has 0 aromatic carbocycles. The summed E-state index contributed by atoms with van der Waals surface area (Å²) in [5, 5.41) is 3.13. The quantitative estimate of drug-likeness (QED) is 0.758. The molecule has 1 N–H and O–H groups in total. The molecule has 2 rings (SSSR count). The molecule has 2 aliphatic rings. The second-order valence-electron chi connectivity index (χ2n) is 5.48. The van der Waals surface area contributed by atoms with Crippen LogP contribution in [0.1, 0.15) is 19.8 Å². The van der Waals surface area contributed by atoms with Gasteiger partial charge in [0.05, 0.1) is 12.4 Å². The van der Waals surface area contributed by atoms with E-state index in [9.17, 15) is 13.2 Å². The topological polar surface area (TPSA) is 75.7 Å². The molecule has 1 aliphatic heterocycles. The smallest absolute Gasteiger partial charge is 0.253 e. The van der Waals surface area contributed by atoms with Crippen molar-refractivity contribution in [1.82, 2.24) is 10.2 Å². The first kappa shape index (κ1) is 17.7. The SMILES string of the molecule is CC(CS(C)(=O)=O)N(C(=O)C1CNCCO1)C1CC1.Cl. The van der Waals surface area contributed by atoms with E-state index in [0.29, 0.717) is 13.2 Å². The van der Waals surface area contributed by atoms with E-state index < -0.39 is 15.9 Å². The molecule has 2 fully saturated rings. The number of halogens is 1. The summed E-state index contributed by atoms with van der Waals surface area (Å²) in [6.45, 7) is 3.59. The Hall–Kier alpha value is -0.370. The van der Waals surface area contributed by atoms with Crippen LogP contribution in [0.3, 0.4) is 0 Å². The fourth-order valence-electron chi connectivity index (χ4n) is 2.52. The van der Waals surface area contributed by atoms with Gasteiger partial charge in [-0.15, -0.1) is 12.4 Å². The van der Waals surface area contributed by atoms with Gasteiger partial charge in [0.25, 0.3) is 5.91 Å². The van der Waals surface area contributed by atoms with Crippen molar-refractivity contribution in [2.24, 2.45) is 0 Å². The number of ether oxygens (including phenoxy) is 1. The third-order valence-electron chi connectivity index (χ3n) is 3.42. The zero-order valence-electron chi connectivity index (χ0n) is 11.9. The molecular formula is C12H23ClN2O4S. The van der Waals surface area contributed by atoms with Gasteiger partial charge >= 0.3 is 0 Å². The van der Waals surface area contributed by atoms with E-state index in [1.807, 2.05) is 0 Å². The van der Waals surface area contributed by atoms with Gasteiger partial charge in [-0.3, -0.25) is 4.79 Å². The van der Waals surface area contributed by atoms with Gasteiger partial charge < -0.3 is 15.0 Å². The summed E-state index contributed by atoms with van der Waals surface area (Å²) in [6, 6.07) is -0.102. The first-order chi connectivity index (χ1) is 8.88. The van der Waals surface area contributed by atoms with E-state index in [-0.39, 0.29) is 36.2 Å². The Balaban J connectivity index is 0.00000200. The first-order valence-electron chi connectivity index (χ1n) is 6.70. The fourth-order valence-corrected chi connectivity index (χ4v) is 3.56. The maximum absolute atomic E-state index is 12.5. The molecule has 0 bridgehead atoms. The average Bonchev–Trinajstić information content (AvgIpc) is 3.12. The van der Waals surface area contributed by atoms with Crippen molar-refractivity contribution in [2.45, 2.75) is 38.0 Å². The lowest BCUT2D eigenvalue weighted by atomic mass is 10.2. The van der Waals surface area contributed by atoms with Gasteiger partial charge in [-0.2, -0.15) is 0 Å².